The molecule has 0 unspecified atom stereocenters. The van der Waals surface area contributed by atoms with Gasteiger partial charge in [0.15, 0.2) is 23.0 Å². The molecule has 0 saturated heterocycles. The number of hydrogen-bond acceptors (Lipinski definition) is 8. The normalized spacial score (nSPS) is 13.2. The molecule has 12 heteroatoms. The molecule has 1 aliphatic rings. The topological polar surface area (TPSA) is 71.1 Å². The van der Waals surface area contributed by atoms with Gasteiger partial charge in [-0.05, 0) is 48.1 Å². The van der Waals surface area contributed by atoms with Crippen LogP contribution in [0.1, 0.15) is 5.56 Å². The Balaban J connectivity index is 1.57. The molecule has 0 atom stereocenters. The minimum absolute atomic E-state index is 0.0174. The number of ether oxygens (including phenoxy) is 4. The molecule has 34 heavy (non-hydrogen) atoms. The average Bonchev–Trinajstić information content (AvgIpc) is 3.17. The molecule has 1 aromatic heterocycles. The zero-order chi connectivity index (χ0) is 24.3. The summed E-state index contributed by atoms with van der Waals surface area (Å²) >= 11 is 5.22. The van der Waals surface area contributed by atoms with Gasteiger partial charge in [0.25, 0.3) is 4.84 Å². The monoisotopic (exact) mass is 497 g/mol. The Labute approximate surface area is 198 Å². The molecule has 1 aliphatic heterocycles. The van der Waals surface area contributed by atoms with Crippen LogP contribution < -0.4 is 18.9 Å². The summed E-state index contributed by atoms with van der Waals surface area (Å²) in [5.74, 6) is 2.19. The SMILES string of the molecule is COc1ccc(-c2nn(CN(Cc3ccc4c(c3)OCCO4)CC(F)(F)F)c(=S)o2)cc1OC. The van der Waals surface area contributed by atoms with Crippen molar-refractivity contribution in [2.24, 2.45) is 0 Å². The lowest BCUT2D eigenvalue weighted by molar-refractivity contribution is -0.151. The number of nitrogens with zero attached hydrogens (tertiary/aromatic N) is 3. The average molecular weight is 497 g/mol. The maximum absolute atomic E-state index is 13.3. The molecule has 0 bridgehead atoms. The van der Waals surface area contributed by atoms with Crippen LogP contribution in [0.2, 0.25) is 0 Å². The van der Waals surface area contributed by atoms with Crippen molar-refractivity contribution in [3.63, 3.8) is 0 Å². The quantitative estimate of drug-likeness (QED) is 0.416. The molecule has 0 aliphatic carbocycles. The molecule has 0 spiro atoms. The van der Waals surface area contributed by atoms with Gasteiger partial charge in [0.2, 0.25) is 5.89 Å². The summed E-state index contributed by atoms with van der Waals surface area (Å²) in [6.07, 6.45) is -4.42. The van der Waals surface area contributed by atoms with Crippen molar-refractivity contribution in [1.82, 2.24) is 14.7 Å². The Bertz CT molecular complexity index is 1210. The minimum Gasteiger partial charge on any atom is -0.493 e. The van der Waals surface area contributed by atoms with E-state index in [0.29, 0.717) is 47.3 Å². The predicted octanol–water partition coefficient (Wildman–Crippen LogP) is 4.68. The Hall–Kier alpha value is -3.25. The van der Waals surface area contributed by atoms with Gasteiger partial charge in [-0.1, -0.05) is 6.07 Å². The van der Waals surface area contributed by atoms with E-state index < -0.39 is 12.7 Å². The fourth-order valence-corrected chi connectivity index (χ4v) is 3.70. The van der Waals surface area contributed by atoms with Crippen molar-refractivity contribution in [1.29, 1.82) is 0 Å². The van der Waals surface area contributed by atoms with Crippen LogP contribution in [0.4, 0.5) is 13.2 Å². The highest BCUT2D eigenvalue weighted by Gasteiger charge is 2.31. The zero-order valence-electron chi connectivity index (χ0n) is 18.4. The second kappa shape index (κ2) is 9.94. The minimum atomic E-state index is -4.42. The van der Waals surface area contributed by atoms with Crippen molar-refractivity contribution in [2.75, 3.05) is 34.0 Å². The van der Waals surface area contributed by atoms with Gasteiger partial charge in [-0.3, -0.25) is 4.90 Å². The Kier molecular flexibility index (Phi) is 6.98. The van der Waals surface area contributed by atoms with Crippen LogP contribution in [0, 0.1) is 4.84 Å². The molecule has 2 heterocycles. The molecule has 8 nitrogen and oxygen atoms in total. The fraction of sp³-hybridized carbons (Fsp3) is 0.364. The van der Waals surface area contributed by atoms with Crippen LogP contribution in [-0.4, -0.2) is 54.8 Å². The first-order chi connectivity index (χ1) is 16.3. The van der Waals surface area contributed by atoms with Crippen molar-refractivity contribution < 1.29 is 36.5 Å². The molecule has 0 N–H and O–H groups in total. The van der Waals surface area contributed by atoms with Crippen LogP contribution in [-0.2, 0) is 13.2 Å². The second-order valence-corrected chi connectivity index (χ2v) is 7.81. The first kappa shape index (κ1) is 23.9. The summed E-state index contributed by atoms with van der Waals surface area (Å²) in [5, 5.41) is 4.29. The van der Waals surface area contributed by atoms with E-state index in [-0.39, 0.29) is 23.9 Å². The van der Waals surface area contributed by atoms with E-state index in [0.717, 1.165) is 0 Å². The fourth-order valence-electron chi connectivity index (χ4n) is 3.52. The van der Waals surface area contributed by atoms with Gasteiger partial charge in [0.1, 0.15) is 13.2 Å². The summed E-state index contributed by atoms with van der Waals surface area (Å²) < 4.78 is 68.2. The lowest BCUT2D eigenvalue weighted by atomic mass is 10.2. The Morgan fingerprint density at radius 1 is 1.03 bits per heavy atom. The van der Waals surface area contributed by atoms with Gasteiger partial charge in [-0.2, -0.15) is 13.2 Å². The van der Waals surface area contributed by atoms with E-state index in [1.54, 1.807) is 36.4 Å². The highest BCUT2D eigenvalue weighted by molar-refractivity contribution is 7.71. The van der Waals surface area contributed by atoms with Gasteiger partial charge in [0, 0.05) is 12.1 Å². The van der Waals surface area contributed by atoms with Crippen LogP contribution in [0.3, 0.4) is 0 Å². The molecule has 182 valence electrons. The van der Waals surface area contributed by atoms with Crippen molar-refractivity contribution in [3.8, 4) is 34.5 Å². The number of methoxy groups -OCH3 is 2. The van der Waals surface area contributed by atoms with Gasteiger partial charge in [0.05, 0.1) is 27.4 Å². The lowest BCUT2D eigenvalue weighted by Gasteiger charge is -2.24. The van der Waals surface area contributed by atoms with Crippen LogP contribution in [0.25, 0.3) is 11.5 Å². The maximum Gasteiger partial charge on any atom is 0.401 e. The second-order valence-electron chi connectivity index (χ2n) is 7.46. The number of rotatable bonds is 8. The summed E-state index contributed by atoms with van der Waals surface area (Å²) in [6, 6.07) is 10.1. The summed E-state index contributed by atoms with van der Waals surface area (Å²) in [6.45, 7) is -0.600. The highest BCUT2D eigenvalue weighted by Crippen LogP contribution is 2.33. The smallest absolute Gasteiger partial charge is 0.401 e. The molecule has 0 fully saturated rings. The molecule has 3 aromatic rings. The van der Waals surface area contributed by atoms with Crippen molar-refractivity contribution in [2.45, 2.75) is 19.4 Å². The van der Waals surface area contributed by atoms with E-state index in [9.17, 15) is 13.2 Å². The number of hydrogen-bond donors (Lipinski definition) is 0. The first-order valence-electron chi connectivity index (χ1n) is 10.2. The number of halogens is 3. The third-order valence-electron chi connectivity index (χ3n) is 4.99. The largest absolute Gasteiger partial charge is 0.493 e. The molecule has 2 aromatic carbocycles. The van der Waals surface area contributed by atoms with E-state index in [2.05, 4.69) is 5.10 Å². The highest BCUT2D eigenvalue weighted by atomic mass is 32.1. The van der Waals surface area contributed by atoms with E-state index in [4.69, 9.17) is 35.6 Å². The Morgan fingerprint density at radius 3 is 2.47 bits per heavy atom. The van der Waals surface area contributed by atoms with Crippen molar-refractivity contribution in [3.05, 3.63) is 46.8 Å². The lowest BCUT2D eigenvalue weighted by Crippen LogP contribution is -2.35. The van der Waals surface area contributed by atoms with Gasteiger partial charge in [-0.25, -0.2) is 4.68 Å². The maximum atomic E-state index is 13.3. The predicted molar refractivity (Wildman–Crippen MR) is 118 cm³/mol. The Morgan fingerprint density at radius 2 is 1.76 bits per heavy atom. The number of benzene rings is 2. The molecule has 4 rings (SSSR count). The summed E-state index contributed by atoms with van der Waals surface area (Å²) in [4.78, 5) is 1.11. The van der Waals surface area contributed by atoms with Gasteiger partial charge >= 0.3 is 6.18 Å². The molecular weight excluding hydrogens is 475 g/mol. The number of alkyl halides is 3. The molecule has 0 amide bonds. The molecule has 0 saturated carbocycles. The third kappa shape index (κ3) is 5.62. The van der Waals surface area contributed by atoms with E-state index >= 15 is 0 Å². The number of aromatic nitrogens is 2. The standard InChI is InChI=1S/C22H22F3N3O5S/c1-29-16-6-4-15(10-18(16)30-2)20-26-28(21(34)33-20)13-27(12-22(23,24)25)11-14-3-5-17-19(9-14)32-8-7-31-17/h3-6,9-10H,7-8,11-13H2,1-2H3. The number of fused-ring (bicyclic) bond motifs is 1. The first-order valence-corrected chi connectivity index (χ1v) is 10.6. The van der Waals surface area contributed by atoms with Crippen LogP contribution in [0.5, 0.6) is 23.0 Å². The third-order valence-corrected chi connectivity index (χ3v) is 5.28. The van der Waals surface area contributed by atoms with E-state index in [1.807, 2.05) is 0 Å². The van der Waals surface area contributed by atoms with E-state index in [1.165, 1.54) is 23.8 Å². The van der Waals surface area contributed by atoms with Crippen molar-refractivity contribution >= 4 is 12.2 Å². The molecular formula is C22H22F3N3O5S. The summed E-state index contributed by atoms with van der Waals surface area (Å²) in [7, 11) is 3.00. The van der Waals surface area contributed by atoms with Gasteiger partial charge in [-0.15, -0.1) is 5.10 Å². The molecule has 0 radical (unpaired) electrons. The summed E-state index contributed by atoms with van der Waals surface area (Å²) in [5.41, 5.74) is 1.17. The van der Waals surface area contributed by atoms with Gasteiger partial charge < -0.3 is 23.4 Å². The van der Waals surface area contributed by atoms with Crippen LogP contribution >= 0.6 is 12.2 Å². The van der Waals surface area contributed by atoms with Crippen LogP contribution in [0.15, 0.2) is 40.8 Å². The zero-order valence-corrected chi connectivity index (χ0v) is 19.2.